The van der Waals surface area contributed by atoms with Gasteiger partial charge in [0, 0.05) is 44.1 Å². The Kier molecular flexibility index (Phi) is 5.09. The predicted molar refractivity (Wildman–Crippen MR) is 88.5 cm³/mol. The Bertz CT molecular complexity index is 668. The quantitative estimate of drug-likeness (QED) is 0.814. The molecule has 1 aromatic heterocycles. The van der Waals surface area contributed by atoms with E-state index in [2.05, 4.69) is 9.97 Å². The molecule has 0 saturated carbocycles. The van der Waals surface area contributed by atoms with E-state index < -0.39 is 17.3 Å². The zero-order chi connectivity index (χ0) is 18.9. The minimum Gasteiger partial charge on any atom is -0.379 e. The van der Waals surface area contributed by atoms with Gasteiger partial charge < -0.3 is 14.5 Å². The van der Waals surface area contributed by atoms with E-state index in [0.29, 0.717) is 51.7 Å². The van der Waals surface area contributed by atoms with Crippen LogP contribution in [-0.4, -0.2) is 60.2 Å². The van der Waals surface area contributed by atoms with Gasteiger partial charge in [-0.3, -0.25) is 4.79 Å². The molecule has 2 fully saturated rings. The van der Waals surface area contributed by atoms with Crippen molar-refractivity contribution in [2.75, 3.05) is 44.3 Å². The molecule has 26 heavy (non-hydrogen) atoms. The van der Waals surface area contributed by atoms with Gasteiger partial charge in [-0.15, -0.1) is 0 Å². The molecule has 1 atom stereocenters. The highest BCUT2D eigenvalue weighted by molar-refractivity contribution is 5.79. The van der Waals surface area contributed by atoms with Crippen LogP contribution in [0.2, 0.25) is 0 Å². The lowest BCUT2D eigenvalue weighted by Crippen LogP contribution is -2.41. The summed E-state index contributed by atoms with van der Waals surface area (Å²) in [6, 6.07) is 0.960. The molecule has 0 radical (unpaired) electrons. The van der Waals surface area contributed by atoms with Crippen LogP contribution in [0.15, 0.2) is 12.4 Å². The third kappa shape index (κ3) is 4.08. The molecule has 2 aliphatic heterocycles. The number of hydrogen-bond donors (Lipinski definition) is 0. The Morgan fingerprint density at radius 3 is 2.77 bits per heavy atom. The van der Waals surface area contributed by atoms with Crippen LogP contribution >= 0.6 is 0 Å². The number of halogens is 3. The van der Waals surface area contributed by atoms with Crippen molar-refractivity contribution in [1.82, 2.24) is 14.9 Å². The van der Waals surface area contributed by atoms with Crippen molar-refractivity contribution in [3.05, 3.63) is 18.1 Å². The molecule has 0 aromatic carbocycles. The van der Waals surface area contributed by atoms with Gasteiger partial charge in [-0.1, -0.05) is 13.8 Å². The molecule has 2 saturated heterocycles. The highest BCUT2D eigenvalue weighted by Gasteiger charge is 2.46. The second kappa shape index (κ2) is 7.02. The van der Waals surface area contributed by atoms with Gasteiger partial charge in [0.15, 0.2) is 0 Å². The monoisotopic (exact) mass is 372 g/mol. The molecule has 0 bridgehead atoms. The normalized spacial score (nSPS) is 24.6. The number of aromatic nitrogens is 2. The molecule has 0 N–H and O–H groups in total. The molecule has 0 aliphatic carbocycles. The summed E-state index contributed by atoms with van der Waals surface area (Å²) in [4.78, 5) is 23.3. The molecule has 6 nitrogen and oxygen atoms in total. The van der Waals surface area contributed by atoms with E-state index in [1.165, 1.54) is 0 Å². The lowest BCUT2D eigenvalue weighted by molar-refractivity contribution is -0.141. The Labute approximate surface area is 150 Å². The number of hydrogen-bond acceptors (Lipinski definition) is 5. The van der Waals surface area contributed by atoms with Crippen molar-refractivity contribution in [3.8, 4) is 0 Å². The third-order valence-corrected chi connectivity index (χ3v) is 4.70. The Balaban J connectivity index is 1.81. The molecule has 144 valence electrons. The summed E-state index contributed by atoms with van der Waals surface area (Å²) in [5, 5.41) is 0. The first-order chi connectivity index (χ1) is 12.2. The smallest absolute Gasteiger partial charge is 0.379 e. The summed E-state index contributed by atoms with van der Waals surface area (Å²) in [7, 11) is 0. The van der Waals surface area contributed by atoms with Gasteiger partial charge in [0.2, 0.25) is 5.91 Å². The van der Waals surface area contributed by atoms with Gasteiger partial charge >= 0.3 is 6.18 Å². The molecule has 2 aliphatic rings. The van der Waals surface area contributed by atoms with Crippen molar-refractivity contribution in [2.24, 2.45) is 11.3 Å². The van der Waals surface area contributed by atoms with E-state index in [-0.39, 0.29) is 11.7 Å². The fourth-order valence-electron chi connectivity index (χ4n) is 3.65. The van der Waals surface area contributed by atoms with Crippen LogP contribution in [0.3, 0.4) is 0 Å². The number of alkyl halides is 3. The topological polar surface area (TPSA) is 58.6 Å². The maximum atomic E-state index is 12.9. The number of ether oxygens (including phenoxy) is 1. The van der Waals surface area contributed by atoms with Gasteiger partial charge in [-0.25, -0.2) is 9.97 Å². The predicted octanol–water partition coefficient (Wildman–Crippen LogP) is 2.21. The Morgan fingerprint density at radius 2 is 2.08 bits per heavy atom. The molecule has 9 heteroatoms. The fraction of sp³-hybridized carbons (Fsp3) is 0.706. The van der Waals surface area contributed by atoms with Crippen LogP contribution in [0.5, 0.6) is 0 Å². The zero-order valence-electron chi connectivity index (χ0n) is 14.9. The number of carbonyl (C=O) groups is 1. The summed E-state index contributed by atoms with van der Waals surface area (Å²) >= 11 is 0. The SMILES string of the molecule is CC(C)CN1CC2(COCCN(c3cc(C(F)(F)F)ncn3)C2)CC1=O. The van der Waals surface area contributed by atoms with Crippen molar-refractivity contribution in [1.29, 1.82) is 0 Å². The van der Waals surface area contributed by atoms with E-state index in [1.807, 2.05) is 18.7 Å². The van der Waals surface area contributed by atoms with Gasteiger partial charge in [-0.05, 0) is 5.92 Å². The van der Waals surface area contributed by atoms with E-state index in [4.69, 9.17) is 4.74 Å². The van der Waals surface area contributed by atoms with E-state index in [9.17, 15) is 18.0 Å². The van der Waals surface area contributed by atoms with Crippen LogP contribution in [0.1, 0.15) is 26.0 Å². The van der Waals surface area contributed by atoms with Crippen molar-refractivity contribution in [3.63, 3.8) is 0 Å². The van der Waals surface area contributed by atoms with Crippen molar-refractivity contribution in [2.45, 2.75) is 26.4 Å². The minimum absolute atomic E-state index is 0.0721. The number of rotatable bonds is 3. The fourth-order valence-corrected chi connectivity index (χ4v) is 3.65. The van der Waals surface area contributed by atoms with Crippen LogP contribution in [0.25, 0.3) is 0 Å². The number of amides is 1. The first kappa shape index (κ1) is 18.9. The highest BCUT2D eigenvalue weighted by atomic mass is 19.4. The van der Waals surface area contributed by atoms with E-state index in [1.54, 1.807) is 4.90 Å². The Morgan fingerprint density at radius 1 is 1.31 bits per heavy atom. The summed E-state index contributed by atoms with van der Waals surface area (Å²) in [6.07, 6.45) is -3.25. The van der Waals surface area contributed by atoms with Crippen LogP contribution in [0, 0.1) is 11.3 Å². The highest BCUT2D eigenvalue weighted by Crippen LogP contribution is 2.36. The zero-order valence-corrected chi connectivity index (χ0v) is 14.9. The second-order valence-electron chi connectivity index (χ2n) is 7.58. The molecule has 1 aromatic rings. The van der Waals surface area contributed by atoms with Crippen LogP contribution in [0.4, 0.5) is 19.0 Å². The molecular weight excluding hydrogens is 349 g/mol. The third-order valence-electron chi connectivity index (χ3n) is 4.70. The van der Waals surface area contributed by atoms with E-state index in [0.717, 1.165) is 12.4 Å². The summed E-state index contributed by atoms with van der Waals surface area (Å²) in [6.45, 7) is 6.98. The molecule has 1 amide bonds. The number of carbonyl (C=O) groups excluding carboxylic acids is 1. The average Bonchev–Trinajstić information content (AvgIpc) is 2.72. The standard InChI is InChI=1S/C17H23F3N4O2/c1-12(2)7-24-9-16(6-15(24)25)8-23(3-4-26-10-16)14-5-13(17(18,19)20)21-11-22-14/h5,11-12H,3-4,6-10H2,1-2H3. The summed E-state index contributed by atoms with van der Waals surface area (Å²) in [5.74, 6) is 0.642. The first-order valence-electron chi connectivity index (χ1n) is 8.68. The van der Waals surface area contributed by atoms with Crippen molar-refractivity contribution < 1.29 is 22.7 Å². The van der Waals surface area contributed by atoms with Gasteiger partial charge in [0.05, 0.1) is 13.2 Å². The lowest BCUT2D eigenvalue weighted by atomic mass is 9.87. The molecular formula is C17H23F3N4O2. The van der Waals surface area contributed by atoms with Gasteiger partial charge in [0.1, 0.15) is 17.8 Å². The van der Waals surface area contributed by atoms with Gasteiger partial charge in [0.25, 0.3) is 0 Å². The minimum atomic E-state index is -4.52. The van der Waals surface area contributed by atoms with E-state index >= 15 is 0 Å². The van der Waals surface area contributed by atoms with Gasteiger partial charge in [-0.2, -0.15) is 13.2 Å². The second-order valence-corrected chi connectivity index (χ2v) is 7.58. The molecule has 1 spiro atoms. The van der Waals surface area contributed by atoms with Crippen LogP contribution < -0.4 is 4.90 Å². The Hall–Kier alpha value is -1.90. The average molecular weight is 372 g/mol. The van der Waals surface area contributed by atoms with Crippen LogP contribution in [-0.2, 0) is 15.7 Å². The summed E-state index contributed by atoms with van der Waals surface area (Å²) < 4.78 is 44.5. The maximum Gasteiger partial charge on any atom is 0.433 e. The maximum absolute atomic E-state index is 12.9. The summed E-state index contributed by atoms with van der Waals surface area (Å²) in [5.41, 5.74) is -1.39. The molecule has 3 rings (SSSR count). The number of likely N-dealkylation sites (tertiary alicyclic amines) is 1. The molecule has 1 unspecified atom stereocenters. The first-order valence-corrected chi connectivity index (χ1v) is 8.68. The largest absolute Gasteiger partial charge is 0.433 e. The number of nitrogens with zero attached hydrogens (tertiary/aromatic N) is 4. The molecule has 3 heterocycles. The number of anilines is 1. The van der Waals surface area contributed by atoms with Crippen molar-refractivity contribution >= 4 is 11.7 Å². The lowest BCUT2D eigenvalue weighted by Gasteiger charge is -2.32.